The van der Waals surface area contributed by atoms with E-state index in [1.54, 1.807) is 23.7 Å². The van der Waals surface area contributed by atoms with Gasteiger partial charge in [-0.3, -0.25) is 4.79 Å². The number of nitrogens with zero attached hydrogens (tertiary/aromatic N) is 2. The number of carbonyl (C=O) groups excluding carboxylic acids is 1. The standard InChI is InChI=1S/C17H13ClFN3O/c1-22-15-8-3-2-5-11(15)9-16(22)17(23)21-20-10-12-13(18)6-4-7-14(12)19/h2-10H,1H3,(H,21,23)/b20-10+. The molecule has 0 aliphatic rings. The number of amides is 1. The molecule has 0 saturated heterocycles. The van der Waals surface area contributed by atoms with Crippen LogP contribution in [0.25, 0.3) is 10.9 Å². The Morgan fingerprint density at radius 1 is 1.26 bits per heavy atom. The van der Waals surface area contributed by atoms with E-state index in [4.69, 9.17) is 11.6 Å². The molecule has 3 aromatic rings. The Bertz CT molecular complexity index is 897. The van der Waals surface area contributed by atoms with E-state index in [9.17, 15) is 9.18 Å². The molecule has 23 heavy (non-hydrogen) atoms. The first-order chi connectivity index (χ1) is 11.1. The molecule has 2 aromatic carbocycles. The topological polar surface area (TPSA) is 46.4 Å². The van der Waals surface area contributed by atoms with Crippen LogP contribution in [0.2, 0.25) is 5.02 Å². The number of aryl methyl sites for hydroxylation is 1. The predicted octanol–water partition coefficient (Wildman–Crippen LogP) is 3.73. The van der Waals surface area contributed by atoms with Gasteiger partial charge in [-0.15, -0.1) is 0 Å². The van der Waals surface area contributed by atoms with Gasteiger partial charge in [0.1, 0.15) is 11.5 Å². The lowest BCUT2D eigenvalue weighted by Crippen LogP contribution is -2.20. The number of halogens is 2. The van der Waals surface area contributed by atoms with Crippen LogP contribution < -0.4 is 5.43 Å². The second-order valence-corrected chi connectivity index (χ2v) is 5.39. The lowest BCUT2D eigenvalue weighted by Gasteiger charge is -2.03. The highest BCUT2D eigenvalue weighted by atomic mass is 35.5. The van der Waals surface area contributed by atoms with E-state index in [2.05, 4.69) is 10.5 Å². The Morgan fingerprint density at radius 3 is 2.78 bits per heavy atom. The average molecular weight is 330 g/mol. The Kier molecular flexibility index (Phi) is 4.12. The van der Waals surface area contributed by atoms with E-state index in [1.165, 1.54) is 18.3 Å². The highest BCUT2D eigenvalue weighted by Gasteiger charge is 2.12. The van der Waals surface area contributed by atoms with E-state index < -0.39 is 5.82 Å². The first-order valence-electron chi connectivity index (χ1n) is 6.90. The number of hydrogen-bond donors (Lipinski definition) is 1. The monoisotopic (exact) mass is 329 g/mol. The van der Waals surface area contributed by atoms with Gasteiger partial charge in [0.15, 0.2) is 0 Å². The fourth-order valence-electron chi connectivity index (χ4n) is 2.35. The number of nitrogens with one attached hydrogen (secondary N) is 1. The van der Waals surface area contributed by atoms with Crippen molar-refractivity contribution in [1.82, 2.24) is 9.99 Å². The number of benzene rings is 2. The molecule has 0 bridgehead atoms. The minimum atomic E-state index is -0.500. The van der Waals surface area contributed by atoms with Gasteiger partial charge in [-0.05, 0) is 24.3 Å². The lowest BCUT2D eigenvalue weighted by atomic mass is 10.2. The average Bonchev–Trinajstić information content (AvgIpc) is 2.88. The molecular formula is C17H13ClFN3O. The minimum Gasteiger partial charge on any atom is -0.340 e. The second-order valence-electron chi connectivity index (χ2n) is 4.98. The van der Waals surface area contributed by atoms with Crippen LogP contribution in [0.5, 0.6) is 0 Å². The SMILES string of the molecule is Cn1c(C(=O)N/N=C/c2c(F)cccc2Cl)cc2ccccc21. The minimum absolute atomic E-state index is 0.131. The molecular weight excluding hydrogens is 317 g/mol. The maximum absolute atomic E-state index is 13.6. The van der Waals surface area contributed by atoms with Gasteiger partial charge in [0, 0.05) is 23.5 Å². The summed E-state index contributed by atoms with van der Waals surface area (Å²) in [7, 11) is 1.80. The molecule has 0 radical (unpaired) electrons. The third kappa shape index (κ3) is 2.96. The number of aromatic nitrogens is 1. The summed E-state index contributed by atoms with van der Waals surface area (Å²) in [5, 5.41) is 4.98. The molecule has 0 aliphatic carbocycles. The summed E-state index contributed by atoms with van der Waals surface area (Å²) in [5.41, 5.74) is 3.92. The highest BCUT2D eigenvalue weighted by Crippen LogP contribution is 2.18. The van der Waals surface area contributed by atoms with Crippen molar-refractivity contribution in [2.75, 3.05) is 0 Å². The predicted molar refractivity (Wildman–Crippen MR) is 89.4 cm³/mol. The lowest BCUT2D eigenvalue weighted by molar-refractivity contribution is 0.0947. The van der Waals surface area contributed by atoms with Crippen molar-refractivity contribution < 1.29 is 9.18 Å². The third-order valence-corrected chi connectivity index (χ3v) is 3.87. The van der Waals surface area contributed by atoms with Crippen LogP contribution in [0.1, 0.15) is 16.1 Å². The third-order valence-electron chi connectivity index (χ3n) is 3.54. The molecule has 1 heterocycles. The van der Waals surface area contributed by atoms with E-state index >= 15 is 0 Å². The zero-order valence-electron chi connectivity index (χ0n) is 12.3. The molecule has 6 heteroatoms. The number of rotatable bonds is 3. The fourth-order valence-corrected chi connectivity index (χ4v) is 2.57. The Labute approximate surface area is 137 Å². The smallest absolute Gasteiger partial charge is 0.287 e. The quantitative estimate of drug-likeness (QED) is 0.577. The number of hydrogen-bond acceptors (Lipinski definition) is 2. The van der Waals surface area contributed by atoms with E-state index in [0.717, 1.165) is 10.9 Å². The molecule has 1 N–H and O–H groups in total. The van der Waals surface area contributed by atoms with Crippen molar-refractivity contribution >= 4 is 34.6 Å². The van der Waals surface area contributed by atoms with Crippen molar-refractivity contribution in [1.29, 1.82) is 0 Å². The zero-order valence-corrected chi connectivity index (χ0v) is 13.0. The van der Waals surface area contributed by atoms with Gasteiger partial charge >= 0.3 is 0 Å². The van der Waals surface area contributed by atoms with Crippen LogP contribution >= 0.6 is 11.6 Å². The van der Waals surface area contributed by atoms with E-state index in [1.807, 2.05) is 24.3 Å². The van der Waals surface area contributed by atoms with Crippen molar-refractivity contribution in [3.63, 3.8) is 0 Å². The molecule has 0 saturated carbocycles. The molecule has 0 unspecified atom stereocenters. The normalized spacial score (nSPS) is 11.3. The molecule has 0 fully saturated rings. The summed E-state index contributed by atoms with van der Waals surface area (Å²) >= 11 is 5.89. The van der Waals surface area contributed by atoms with Gasteiger partial charge in [-0.2, -0.15) is 5.10 Å². The van der Waals surface area contributed by atoms with Crippen LogP contribution in [0.3, 0.4) is 0 Å². The van der Waals surface area contributed by atoms with Gasteiger partial charge in [-0.25, -0.2) is 9.82 Å². The van der Waals surface area contributed by atoms with Gasteiger partial charge in [0.05, 0.1) is 11.2 Å². The summed E-state index contributed by atoms with van der Waals surface area (Å²) in [6.45, 7) is 0. The van der Waals surface area contributed by atoms with Crippen LogP contribution in [0.15, 0.2) is 53.6 Å². The summed E-state index contributed by atoms with van der Waals surface area (Å²) in [6, 6.07) is 13.8. The van der Waals surface area contributed by atoms with Crippen LogP contribution in [-0.4, -0.2) is 16.7 Å². The van der Waals surface area contributed by atoms with Gasteiger partial charge in [0.25, 0.3) is 5.91 Å². The first kappa shape index (κ1) is 15.2. The van der Waals surface area contributed by atoms with Crippen LogP contribution in [0.4, 0.5) is 4.39 Å². The van der Waals surface area contributed by atoms with E-state index in [-0.39, 0.29) is 16.5 Å². The fraction of sp³-hybridized carbons (Fsp3) is 0.0588. The number of carbonyl (C=O) groups is 1. The maximum atomic E-state index is 13.6. The van der Waals surface area contributed by atoms with Crippen LogP contribution in [0, 0.1) is 5.82 Å². The number of fused-ring (bicyclic) bond motifs is 1. The highest BCUT2D eigenvalue weighted by molar-refractivity contribution is 6.33. The second kappa shape index (κ2) is 6.22. The van der Waals surface area contributed by atoms with E-state index in [0.29, 0.717) is 5.69 Å². The number of para-hydroxylation sites is 1. The molecule has 3 rings (SSSR count). The van der Waals surface area contributed by atoms with Gasteiger partial charge in [-0.1, -0.05) is 35.9 Å². The molecule has 0 aliphatic heterocycles. The van der Waals surface area contributed by atoms with Crippen LogP contribution in [-0.2, 0) is 7.05 Å². The molecule has 1 aromatic heterocycles. The number of hydrazone groups is 1. The molecule has 116 valence electrons. The maximum Gasteiger partial charge on any atom is 0.287 e. The van der Waals surface area contributed by atoms with Crippen molar-refractivity contribution in [3.8, 4) is 0 Å². The van der Waals surface area contributed by atoms with Gasteiger partial charge in [0.2, 0.25) is 0 Å². The summed E-state index contributed by atoms with van der Waals surface area (Å²) in [6.07, 6.45) is 1.19. The first-order valence-corrected chi connectivity index (χ1v) is 7.27. The summed E-state index contributed by atoms with van der Waals surface area (Å²) in [5.74, 6) is -0.882. The summed E-state index contributed by atoms with van der Waals surface area (Å²) in [4.78, 5) is 12.2. The molecule has 0 atom stereocenters. The Balaban J connectivity index is 1.81. The Hall–Kier alpha value is -2.66. The largest absolute Gasteiger partial charge is 0.340 e. The van der Waals surface area contributed by atoms with Crippen molar-refractivity contribution in [2.45, 2.75) is 0 Å². The molecule has 4 nitrogen and oxygen atoms in total. The Morgan fingerprint density at radius 2 is 2.04 bits per heavy atom. The van der Waals surface area contributed by atoms with Crippen molar-refractivity contribution in [3.05, 3.63) is 70.6 Å². The molecule has 1 amide bonds. The summed E-state index contributed by atoms with van der Waals surface area (Å²) < 4.78 is 15.4. The molecule has 0 spiro atoms. The zero-order chi connectivity index (χ0) is 16.4. The van der Waals surface area contributed by atoms with Gasteiger partial charge < -0.3 is 4.57 Å². The van der Waals surface area contributed by atoms with Crippen molar-refractivity contribution in [2.24, 2.45) is 12.1 Å².